The number of nitrogens with zero attached hydrogens (tertiary/aromatic N) is 3. The van der Waals surface area contributed by atoms with E-state index in [-0.39, 0.29) is 5.91 Å². The zero-order valence-corrected chi connectivity index (χ0v) is 17.7. The Labute approximate surface area is 170 Å². The maximum Gasteiger partial charge on any atom is 0.252 e. The first-order valence-corrected chi connectivity index (χ1v) is 9.97. The Morgan fingerprint density at radius 2 is 1.96 bits per heavy atom. The number of likely N-dealkylation sites (tertiary alicyclic amines) is 1. The number of aromatic nitrogens is 2. The molecule has 2 rings (SSSR count). The SMILES string of the molecule is Cc1nc(N)c(CCC2CCN(C(=O)C(C)NC(=O)C(C)(C)O)CC2)c(Cl)n1. The first-order valence-electron chi connectivity index (χ1n) is 9.59. The third-order valence-electron chi connectivity index (χ3n) is 5.10. The summed E-state index contributed by atoms with van der Waals surface area (Å²) in [4.78, 5) is 34.5. The molecule has 2 amide bonds. The minimum Gasteiger partial charge on any atom is -0.383 e. The van der Waals surface area contributed by atoms with Crippen LogP contribution >= 0.6 is 11.6 Å². The van der Waals surface area contributed by atoms with Crippen LogP contribution in [0, 0.1) is 12.8 Å². The highest BCUT2D eigenvalue weighted by Crippen LogP contribution is 2.26. The molecule has 1 aliphatic heterocycles. The lowest BCUT2D eigenvalue weighted by Crippen LogP contribution is -2.53. The van der Waals surface area contributed by atoms with E-state index in [1.807, 2.05) is 0 Å². The van der Waals surface area contributed by atoms with Gasteiger partial charge in [-0.2, -0.15) is 0 Å². The molecule has 156 valence electrons. The minimum absolute atomic E-state index is 0.129. The predicted molar refractivity (Wildman–Crippen MR) is 108 cm³/mol. The number of amides is 2. The number of anilines is 1. The van der Waals surface area contributed by atoms with E-state index in [9.17, 15) is 14.7 Å². The molecule has 4 N–H and O–H groups in total. The standard InChI is InChI=1S/C19H30ClN5O3/c1-11(22-18(27)19(3,4)28)17(26)25-9-7-13(8-10-25)5-6-14-15(20)23-12(2)24-16(14)21/h11,13,28H,5-10H2,1-4H3,(H,22,27)(H2,21,23,24). The molecular weight excluding hydrogens is 382 g/mol. The highest BCUT2D eigenvalue weighted by molar-refractivity contribution is 6.30. The van der Waals surface area contributed by atoms with Gasteiger partial charge in [0, 0.05) is 18.7 Å². The molecule has 1 unspecified atom stereocenters. The second-order valence-corrected chi connectivity index (χ2v) is 8.34. The van der Waals surface area contributed by atoms with Crippen molar-refractivity contribution in [2.45, 2.75) is 65.0 Å². The Kier molecular flexibility index (Phi) is 7.22. The smallest absolute Gasteiger partial charge is 0.252 e. The van der Waals surface area contributed by atoms with Gasteiger partial charge in [-0.25, -0.2) is 9.97 Å². The van der Waals surface area contributed by atoms with E-state index in [1.165, 1.54) is 13.8 Å². The third kappa shape index (κ3) is 5.78. The molecule has 1 fully saturated rings. The van der Waals surface area contributed by atoms with Crippen LogP contribution in [0.4, 0.5) is 5.82 Å². The molecule has 1 aromatic rings. The van der Waals surface area contributed by atoms with Crippen molar-refractivity contribution < 1.29 is 14.7 Å². The average Bonchev–Trinajstić information content (AvgIpc) is 2.59. The first-order chi connectivity index (χ1) is 13.0. The Morgan fingerprint density at radius 3 is 2.50 bits per heavy atom. The lowest BCUT2D eigenvalue weighted by Gasteiger charge is -2.34. The highest BCUT2D eigenvalue weighted by Gasteiger charge is 2.30. The summed E-state index contributed by atoms with van der Waals surface area (Å²) in [6.45, 7) is 7.45. The van der Waals surface area contributed by atoms with Crippen LogP contribution in [0.15, 0.2) is 0 Å². The number of carbonyl (C=O) groups is 2. The molecule has 1 aliphatic rings. The van der Waals surface area contributed by atoms with E-state index >= 15 is 0 Å². The van der Waals surface area contributed by atoms with Gasteiger partial charge in [0.1, 0.15) is 28.4 Å². The van der Waals surface area contributed by atoms with Crippen LogP contribution in [-0.4, -0.2) is 56.5 Å². The van der Waals surface area contributed by atoms with Gasteiger partial charge in [0.25, 0.3) is 5.91 Å². The Bertz CT molecular complexity index is 704. The van der Waals surface area contributed by atoms with Crippen molar-refractivity contribution in [3.05, 3.63) is 16.5 Å². The number of hydrogen-bond acceptors (Lipinski definition) is 6. The molecule has 1 saturated heterocycles. The van der Waals surface area contributed by atoms with Gasteiger partial charge in [-0.15, -0.1) is 0 Å². The Hall–Kier alpha value is -1.93. The van der Waals surface area contributed by atoms with Gasteiger partial charge >= 0.3 is 0 Å². The number of halogens is 1. The van der Waals surface area contributed by atoms with Gasteiger partial charge in [0.05, 0.1) is 0 Å². The zero-order valence-electron chi connectivity index (χ0n) is 17.0. The fourth-order valence-electron chi connectivity index (χ4n) is 3.31. The first kappa shape index (κ1) is 22.4. The molecule has 28 heavy (non-hydrogen) atoms. The number of nitrogens with two attached hydrogens (primary N) is 1. The van der Waals surface area contributed by atoms with Crippen molar-refractivity contribution >= 4 is 29.2 Å². The molecule has 0 aromatic carbocycles. The molecule has 1 aromatic heterocycles. The van der Waals surface area contributed by atoms with Gasteiger partial charge < -0.3 is 21.1 Å². The van der Waals surface area contributed by atoms with E-state index in [4.69, 9.17) is 17.3 Å². The van der Waals surface area contributed by atoms with Crippen LogP contribution in [0.1, 0.15) is 51.4 Å². The molecule has 0 spiro atoms. The van der Waals surface area contributed by atoms with Crippen molar-refractivity contribution in [2.75, 3.05) is 18.8 Å². The number of rotatable bonds is 6. The lowest BCUT2D eigenvalue weighted by atomic mass is 9.90. The van der Waals surface area contributed by atoms with Crippen molar-refractivity contribution in [1.82, 2.24) is 20.2 Å². The van der Waals surface area contributed by atoms with Crippen LogP contribution < -0.4 is 11.1 Å². The molecule has 2 heterocycles. The third-order valence-corrected chi connectivity index (χ3v) is 5.42. The average molecular weight is 412 g/mol. The molecule has 9 heteroatoms. The van der Waals surface area contributed by atoms with Crippen molar-refractivity contribution in [3.63, 3.8) is 0 Å². The zero-order chi connectivity index (χ0) is 21.1. The normalized spacial score (nSPS) is 16.7. The van der Waals surface area contributed by atoms with E-state index in [1.54, 1.807) is 18.7 Å². The fraction of sp³-hybridized carbons (Fsp3) is 0.684. The Balaban J connectivity index is 1.82. The number of piperidine rings is 1. The molecule has 0 aliphatic carbocycles. The van der Waals surface area contributed by atoms with Crippen molar-refractivity contribution in [2.24, 2.45) is 5.92 Å². The summed E-state index contributed by atoms with van der Waals surface area (Å²) in [5.74, 6) is 0.765. The van der Waals surface area contributed by atoms with Gasteiger partial charge in [-0.1, -0.05) is 11.6 Å². The van der Waals surface area contributed by atoms with E-state index in [0.717, 1.165) is 24.8 Å². The number of hydrogen-bond donors (Lipinski definition) is 3. The number of aryl methyl sites for hydroxylation is 1. The van der Waals surface area contributed by atoms with Gasteiger partial charge in [0.15, 0.2) is 0 Å². The summed E-state index contributed by atoms with van der Waals surface area (Å²) in [6, 6.07) is -0.668. The number of nitrogen functional groups attached to an aromatic ring is 1. The molecule has 8 nitrogen and oxygen atoms in total. The number of nitrogens with one attached hydrogen (secondary N) is 1. The Morgan fingerprint density at radius 1 is 1.36 bits per heavy atom. The highest BCUT2D eigenvalue weighted by atomic mass is 35.5. The molecule has 0 saturated carbocycles. The van der Waals surface area contributed by atoms with Crippen LogP contribution in [0.2, 0.25) is 5.15 Å². The quantitative estimate of drug-likeness (QED) is 0.609. The van der Waals surface area contributed by atoms with Crippen molar-refractivity contribution in [3.8, 4) is 0 Å². The van der Waals surface area contributed by atoms with Crippen LogP contribution in [0.25, 0.3) is 0 Å². The summed E-state index contributed by atoms with van der Waals surface area (Å²) in [6.07, 6.45) is 3.37. The fourth-order valence-corrected chi connectivity index (χ4v) is 3.63. The lowest BCUT2D eigenvalue weighted by molar-refractivity contribution is -0.142. The second kappa shape index (κ2) is 9.05. The monoisotopic (exact) mass is 411 g/mol. The summed E-state index contributed by atoms with van der Waals surface area (Å²) in [7, 11) is 0. The molecule has 0 bridgehead atoms. The number of carbonyl (C=O) groups excluding carboxylic acids is 2. The van der Waals surface area contributed by atoms with E-state index in [2.05, 4.69) is 15.3 Å². The van der Waals surface area contributed by atoms with E-state index in [0.29, 0.717) is 42.2 Å². The predicted octanol–water partition coefficient (Wildman–Crippen LogP) is 1.47. The van der Waals surface area contributed by atoms with Gasteiger partial charge in [-0.3, -0.25) is 9.59 Å². The largest absolute Gasteiger partial charge is 0.383 e. The van der Waals surface area contributed by atoms with Crippen LogP contribution in [0.3, 0.4) is 0 Å². The molecule has 1 atom stereocenters. The van der Waals surface area contributed by atoms with Crippen LogP contribution in [-0.2, 0) is 16.0 Å². The summed E-state index contributed by atoms with van der Waals surface area (Å²) >= 11 is 6.19. The molecule has 0 radical (unpaired) electrons. The van der Waals surface area contributed by atoms with Crippen molar-refractivity contribution in [1.29, 1.82) is 0 Å². The maximum absolute atomic E-state index is 12.5. The second-order valence-electron chi connectivity index (χ2n) is 7.99. The molecular formula is C19H30ClN5O3. The summed E-state index contributed by atoms with van der Waals surface area (Å²) in [5.41, 5.74) is 5.24. The minimum atomic E-state index is -1.51. The summed E-state index contributed by atoms with van der Waals surface area (Å²) < 4.78 is 0. The van der Waals surface area contributed by atoms with E-state index < -0.39 is 17.6 Å². The van der Waals surface area contributed by atoms with Gasteiger partial charge in [0.2, 0.25) is 5.91 Å². The van der Waals surface area contributed by atoms with Gasteiger partial charge in [-0.05, 0) is 59.3 Å². The maximum atomic E-state index is 12.5. The number of aliphatic hydroxyl groups is 1. The topological polar surface area (TPSA) is 121 Å². The van der Waals surface area contributed by atoms with Crippen LogP contribution in [0.5, 0.6) is 0 Å². The summed E-state index contributed by atoms with van der Waals surface area (Å²) in [5, 5.41) is 12.7.